The average Bonchev–Trinajstić information content (AvgIpc) is 1.70. The van der Waals surface area contributed by atoms with E-state index in [2.05, 4.69) is 135 Å². The number of amides is 6. The Kier molecular flexibility index (Phi) is 63.2. The van der Waals surface area contributed by atoms with Gasteiger partial charge in [-0.25, -0.2) is 9.97 Å². The molecule has 12 aromatic rings. The van der Waals surface area contributed by atoms with E-state index in [1.807, 2.05) is 355 Å². The SMILES string of the molecule is CC.CC.CC.CC.CC.CC.CCC.CCC.CCC.CCC.CCC.CCC.CCN1C(=O)c2ccccc2Nc2ccccc21.CCN1C(=O)c2ccccc2Nc2ccccc21.CCN1C(=O)c2ccccc2Nc2cccnc21.CCN1C(=O)c2ccccc2Nc2cccnc21.CCN1C(=O)c2ccccc2Nc2ccncc21.CCN1C(=O)c2ccccc2Nc2ccncc21. The molecule has 8 aromatic carbocycles. The van der Waals surface area contributed by atoms with Gasteiger partial charge in [0.2, 0.25) is 0 Å². The summed E-state index contributed by atoms with van der Waals surface area (Å²) in [5, 5.41) is 19.8. The molecule has 0 atom stereocenters. The minimum absolute atomic E-state index is 0.00681. The lowest BCUT2D eigenvalue weighted by atomic mass is 10.1. The lowest BCUT2D eigenvalue weighted by molar-refractivity contribution is 0.0981. The highest BCUT2D eigenvalue weighted by molar-refractivity contribution is 6.18. The Morgan fingerprint density at radius 1 is 0.188 bits per heavy atom. The summed E-state index contributed by atoms with van der Waals surface area (Å²) < 4.78 is 0. The third-order valence-electron chi connectivity index (χ3n) is 18.6. The summed E-state index contributed by atoms with van der Waals surface area (Å²) in [6, 6.07) is 72.5. The molecule has 4 aromatic heterocycles. The predicted octanol–water partition coefficient (Wildman–Crippen LogP) is 32.7. The number of fused-ring (bicyclic) bond motifs is 12. The largest absolute Gasteiger partial charge is 0.353 e. The van der Waals surface area contributed by atoms with Gasteiger partial charge in [-0.05, 0) is 175 Å². The Hall–Kier alpha value is -14.0. The van der Waals surface area contributed by atoms with Gasteiger partial charge >= 0.3 is 0 Å². The number of carbonyl (C=O) groups excluding carboxylic acids is 6. The van der Waals surface area contributed by atoms with Crippen molar-refractivity contribution >= 4 is 138 Å². The van der Waals surface area contributed by atoms with Gasteiger partial charge < -0.3 is 51.5 Å². The van der Waals surface area contributed by atoms with E-state index in [-0.39, 0.29) is 35.4 Å². The molecule has 0 fully saturated rings. The van der Waals surface area contributed by atoms with Crippen LogP contribution in [0.1, 0.15) is 308 Å². The number of anilines is 18. The molecule has 6 aliphatic rings. The number of hydrogen-bond acceptors (Lipinski definition) is 16. The summed E-state index contributed by atoms with van der Waals surface area (Å²) in [6.07, 6.45) is 17.8. The first-order valence-corrected chi connectivity index (χ1v) is 50.4. The van der Waals surface area contributed by atoms with E-state index in [0.717, 1.165) is 102 Å². The zero-order chi connectivity index (χ0) is 103. The monoisotopic (exact) mass is 1880 g/mol. The van der Waals surface area contributed by atoms with Crippen molar-refractivity contribution in [2.24, 2.45) is 0 Å². The van der Waals surface area contributed by atoms with Crippen LogP contribution in [0.25, 0.3) is 0 Å². The van der Waals surface area contributed by atoms with Gasteiger partial charge in [0.25, 0.3) is 35.4 Å². The summed E-state index contributed by atoms with van der Waals surface area (Å²) >= 11 is 0. The quantitative estimate of drug-likeness (QED) is 0.0906. The first-order chi connectivity index (χ1) is 67.3. The second-order valence-corrected chi connectivity index (χ2v) is 29.1. The molecule has 0 radical (unpaired) electrons. The number of nitrogens with one attached hydrogen (secondary N) is 6. The van der Waals surface area contributed by atoms with Crippen LogP contribution in [0.3, 0.4) is 0 Å². The van der Waals surface area contributed by atoms with Crippen LogP contribution >= 0.6 is 0 Å². The molecule has 6 amide bonds. The number of pyridine rings is 4. The van der Waals surface area contributed by atoms with Crippen molar-refractivity contribution < 1.29 is 28.8 Å². The van der Waals surface area contributed by atoms with E-state index in [4.69, 9.17) is 0 Å². The smallest absolute Gasteiger partial charge is 0.261 e. The molecule has 0 aliphatic carbocycles. The minimum Gasteiger partial charge on any atom is -0.353 e. The van der Waals surface area contributed by atoms with Crippen molar-refractivity contribution in [2.75, 3.05) is 101 Å². The summed E-state index contributed by atoms with van der Waals surface area (Å²) in [4.78, 5) is 102. The van der Waals surface area contributed by atoms with Crippen LogP contribution < -0.4 is 61.3 Å². The second kappa shape index (κ2) is 71.5. The molecule has 10 heterocycles. The number of benzene rings is 8. The number of nitrogens with zero attached hydrogens (tertiary/aromatic N) is 10. The number of para-hydroxylation sites is 10. The van der Waals surface area contributed by atoms with Gasteiger partial charge in [0.05, 0.1) is 137 Å². The second-order valence-electron chi connectivity index (χ2n) is 29.1. The summed E-state index contributed by atoms with van der Waals surface area (Å²) in [7, 11) is 0. The maximum absolute atomic E-state index is 12.5. The van der Waals surface area contributed by atoms with Crippen LogP contribution in [-0.4, -0.2) is 94.6 Å². The summed E-state index contributed by atoms with van der Waals surface area (Å²) in [5.74, 6) is 1.44. The molecule has 138 heavy (non-hydrogen) atoms. The minimum atomic E-state index is -0.0157. The Balaban J connectivity index is 0.000000782. The molecule has 18 rings (SSSR count). The molecule has 6 N–H and O–H groups in total. The van der Waals surface area contributed by atoms with Crippen LogP contribution in [0, 0.1) is 0 Å². The fraction of sp³-hybridized carbons (Fsp3) is 0.362. The zero-order valence-corrected chi connectivity index (χ0v) is 88.8. The lowest BCUT2D eigenvalue weighted by Gasteiger charge is -2.20. The third kappa shape index (κ3) is 35.0. The first kappa shape index (κ1) is 122. The topological polar surface area (TPSA) is 246 Å². The molecule has 22 nitrogen and oxygen atoms in total. The number of carbonyl (C=O) groups is 6. The molecule has 6 aliphatic heterocycles. The molecule has 744 valence electrons. The van der Waals surface area contributed by atoms with E-state index in [1.165, 1.54) is 38.5 Å². The molecule has 0 saturated carbocycles. The van der Waals surface area contributed by atoms with Gasteiger partial charge in [-0.3, -0.25) is 48.5 Å². The number of aromatic nitrogens is 4. The van der Waals surface area contributed by atoms with Gasteiger partial charge in [-0.2, -0.15) is 0 Å². The van der Waals surface area contributed by atoms with Crippen LogP contribution in [0.15, 0.2) is 268 Å². The maximum atomic E-state index is 12.5. The Morgan fingerprint density at radius 3 is 0.572 bits per heavy atom. The van der Waals surface area contributed by atoms with Gasteiger partial charge in [-0.15, -0.1) is 0 Å². The zero-order valence-electron chi connectivity index (χ0n) is 88.8. The molecule has 22 heteroatoms. The molecule has 0 bridgehead atoms. The third-order valence-corrected chi connectivity index (χ3v) is 18.6. The standard InChI is InChI=1S/2C15H14N2O.4C14H13N3O.6C3H8.6C2H6/c2*1-2-17-14-10-6-5-9-13(14)16-12-8-4-3-7-11(12)15(17)18;2*1-2-17-13-12(8-5-9-15-13)16-11-7-4-3-6-10(11)14(17)18;2*1-2-17-13-9-15-8-7-12(13)16-11-6-4-3-5-10(11)14(17)18;6*1-3-2;6*1-2/h2*3-10,16H,2H2,1H3;4*3-9,16H,2H2,1H3;6*3H2,1-2H3;6*1-2H3. The fourth-order valence-electron chi connectivity index (χ4n) is 13.3. The Morgan fingerprint density at radius 2 is 0.355 bits per heavy atom. The first-order valence-electron chi connectivity index (χ1n) is 50.4. The van der Waals surface area contributed by atoms with E-state index in [9.17, 15) is 28.8 Å². The van der Waals surface area contributed by atoms with Crippen molar-refractivity contribution in [3.8, 4) is 0 Å². The molecular weight excluding hydrogens is 1710 g/mol. The van der Waals surface area contributed by atoms with E-state index in [0.29, 0.717) is 73.2 Å². The fourth-order valence-corrected chi connectivity index (χ4v) is 13.3. The van der Waals surface area contributed by atoms with Gasteiger partial charge in [-0.1, -0.05) is 302 Å². The molecule has 0 saturated heterocycles. The van der Waals surface area contributed by atoms with Crippen molar-refractivity contribution in [3.63, 3.8) is 0 Å². The van der Waals surface area contributed by atoms with E-state index < -0.39 is 0 Å². The maximum Gasteiger partial charge on any atom is 0.261 e. The summed E-state index contributed by atoms with van der Waals surface area (Å²) in [5.41, 5.74) is 18.2. The van der Waals surface area contributed by atoms with Gasteiger partial charge in [0.15, 0.2) is 11.6 Å². The van der Waals surface area contributed by atoms with Crippen LogP contribution in [0.4, 0.5) is 103 Å². The van der Waals surface area contributed by atoms with Crippen molar-refractivity contribution in [1.29, 1.82) is 0 Å². The molecule has 0 unspecified atom stereocenters. The normalized spacial score (nSPS) is 11.5. The van der Waals surface area contributed by atoms with Gasteiger partial charge in [0, 0.05) is 64.1 Å². The molecule has 0 spiro atoms. The van der Waals surface area contributed by atoms with Gasteiger partial charge in [0.1, 0.15) is 0 Å². The van der Waals surface area contributed by atoms with E-state index in [1.54, 1.807) is 66.6 Å². The van der Waals surface area contributed by atoms with Crippen LogP contribution in [0.2, 0.25) is 0 Å². The van der Waals surface area contributed by atoms with Crippen molar-refractivity contribution in [1.82, 2.24) is 19.9 Å². The number of hydrogen-bond donors (Lipinski definition) is 6. The Bertz CT molecular complexity index is 4610. The highest BCUT2D eigenvalue weighted by atomic mass is 16.2. The average molecular weight is 1880 g/mol. The number of rotatable bonds is 6. The predicted molar refractivity (Wildman–Crippen MR) is 596 cm³/mol. The Labute approximate surface area is 829 Å². The summed E-state index contributed by atoms with van der Waals surface area (Å²) in [6.45, 7) is 65.0. The van der Waals surface area contributed by atoms with Crippen molar-refractivity contribution in [2.45, 2.75) is 246 Å². The lowest BCUT2D eigenvalue weighted by Crippen LogP contribution is -2.30. The highest BCUT2D eigenvalue weighted by Crippen LogP contribution is 2.41. The van der Waals surface area contributed by atoms with Crippen LogP contribution in [-0.2, 0) is 0 Å². The highest BCUT2D eigenvalue weighted by Gasteiger charge is 2.32. The molecular formula is C116H164N16O6. The van der Waals surface area contributed by atoms with Crippen LogP contribution in [0.5, 0.6) is 0 Å². The van der Waals surface area contributed by atoms with Crippen molar-refractivity contribution in [3.05, 3.63) is 301 Å². The van der Waals surface area contributed by atoms with E-state index >= 15 is 0 Å².